The van der Waals surface area contributed by atoms with E-state index >= 15 is 0 Å². The van der Waals surface area contributed by atoms with Crippen molar-refractivity contribution in [2.24, 2.45) is 11.8 Å². The van der Waals surface area contributed by atoms with E-state index in [1.165, 1.54) is 0 Å². The Hall–Kier alpha value is -0.370. The molecule has 0 heterocycles. The SMILES string of the molecule is O=S(=O)(OC1CC2CCC1C2)C(F)(F)C(F)F. The van der Waals surface area contributed by atoms with E-state index in [4.69, 9.17) is 0 Å². The van der Waals surface area contributed by atoms with Crippen molar-refractivity contribution in [2.75, 3.05) is 0 Å². The summed E-state index contributed by atoms with van der Waals surface area (Å²) in [5, 5.41) is -5.13. The molecule has 2 saturated carbocycles. The molecule has 2 aliphatic carbocycles. The number of halogens is 4. The first kappa shape index (κ1) is 13.1. The molecule has 0 saturated heterocycles. The molecule has 0 spiro atoms. The minimum absolute atomic E-state index is 0.0942. The van der Waals surface area contributed by atoms with Crippen LogP contribution in [0.15, 0.2) is 0 Å². The van der Waals surface area contributed by atoms with Crippen LogP contribution in [0.25, 0.3) is 0 Å². The standard InChI is InChI=1S/C9H12F4O3S/c10-8(11)9(12,13)17(14,15)16-7-4-5-1-2-6(7)3-5/h5-8H,1-4H2. The van der Waals surface area contributed by atoms with Gasteiger partial charge in [-0.3, -0.25) is 4.18 Å². The Morgan fingerprint density at radius 2 is 1.82 bits per heavy atom. The molecule has 100 valence electrons. The van der Waals surface area contributed by atoms with Gasteiger partial charge in [0.2, 0.25) is 0 Å². The van der Waals surface area contributed by atoms with Crippen LogP contribution in [0.2, 0.25) is 0 Å². The number of fused-ring (bicyclic) bond motifs is 2. The third-order valence-electron chi connectivity index (χ3n) is 3.51. The lowest BCUT2D eigenvalue weighted by molar-refractivity contribution is -0.0740. The predicted octanol–water partition coefficient (Wildman–Crippen LogP) is 2.38. The molecule has 0 radical (unpaired) electrons. The smallest absolute Gasteiger partial charge is 0.262 e. The summed E-state index contributed by atoms with van der Waals surface area (Å²) in [6, 6.07) is 0. The molecule has 3 atom stereocenters. The fraction of sp³-hybridized carbons (Fsp3) is 1.00. The van der Waals surface area contributed by atoms with Crippen molar-refractivity contribution in [1.29, 1.82) is 0 Å². The molecule has 3 nitrogen and oxygen atoms in total. The first-order chi connectivity index (χ1) is 7.74. The van der Waals surface area contributed by atoms with Crippen LogP contribution in [0, 0.1) is 11.8 Å². The summed E-state index contributed by atoms with van der Waals surface area (Å²) in [6.07, 6.45) is -2.39. The Bertz CT molecular complexity index is 395. The normalized spacial score (nSPS) is 33.6. The van der Waals surface area contributed by atoms with E-state index in [9.17, 15) is 26.0 Å². The highest BCUT2D eigenvalue weighted by atomic mass is 32.2. The van der Waals surface area contributed by atoms with Crippen LogP contribution in [0.1, 0.15) is 25.7 Å². The molecule has 0 aromatic carbocycles. The minimum atomic E-state index is -5.55. The molecule has 8 heteroatoms. The molecule has 2 bridgehead atoms. The Balaban J connectivity index is 2.08. The van der Waals surface area contributed by atoms with Crippen molar-refractivity contribution in [1.82, 2.24) is 0 Å². The Kier molecular flexibility index (Phi) is 3.14. The zero-order valence-corrected chi connectivity index (χ0v) is 9.60. The highest BCUT2D eigenvalue weighted by molar-refractivity contribution is 7.87. The van der Waals surface area contributed by atoms with Crippen molar-refractivity contribution in [2.45, 2.75) is 43.5 Å². The van der Waals surface area contributed by atoms with Crippen molar-refractivity contribution in [3.63, 3.8) is 0 Å². The maximum absolute atomic E-state index is 12.8. The van der Waals surface area contributed by atoms with E-state index in [2.05, 4.69) is 4.18 Å². The summed E-state index contributed by atoms with van der Waals surface area (Å²) in [7, 11) is -5.55. The predicted molar refractivity (Wildman–Crippen MR) is 50.2 cm³/mol. The topological polar surface area (TPSA) is 43.4 Å². The van der Waals surface area contributed by atoms with Crippen LogP contribution in [-0.2, 0) is 14.3 Å². The van der Waals surface area contributed by atoms with E-state index < -0.39 is 27.9 Å². The summed E-state index contributed by atoms with van der Waals surface area (Å²) in [5.41, 5.74) is 0. The number of rotatable bonds is 4. The van der Waals surface area contributed by atoms with Gasteiger partial charge in [-0.05, 0) is 37.5 Å². The molecule has 0 aromatic heterocycles. The van der Waals surface area contributed by atoms with Crippen LogP contribution >= 0.6 is 0 Å². The maximum Gasteiger partial charge on any atom is 0.428 e. The zero-order chi connectivity index (χ0) is 12.8. The Morgan fingerprint density at radius 1 is 1.18 bits per heavy atom. The number of hydrogen-bond acceptors (Lipinski definition) is 3. The maximum atomic E-state index is 12.8. The molecule has 2 rings (SSSR count). The third kappa shape index (κ3) is 2.16. The highest BCUT2D eigenvalue weighted by Crippen LogP contribution is 2.47. The van der Waals surface area contributed by atoms with Gasteiger partial charge in [-0.1, -0.05) is 0 Å². The van der Waals surface area contributed by atoms with Crippen LogP contribution in [0.5, 0.6) is 0 Å². The lowest BCUT2D eigenvalue weighted by Gasteiger charge is -2.24. The average Bonchev–Trinajstić information content (AvgIpc) is 2.77. The lowest BCUT2D eigenvalue weighted by Crippen LogP contribution is -2.40. The molecular formula is C9H12F4O3S. The van der Waals surface area contributed by atoms with Crippen LogP contribution in [0.4, 0.5) is 17.6 Å². The summed E-state index contributed by atoms with van der Waals surface area (Å²) in [5.74, 6) is 0.184. The fourth-order valence-electron chi connectivity index (χ4n) is 2.64. The summed E-state index contributed by atoms with van der Waals surface area (Å²) in [4.78, 5) is 0. The second kappa shape index (κ2) is 4.08. The van der Waals surface area contributed by atoms with Crippen LogP contribution in [0.3, 0.4) is 0 Å². The second-order valence-corrected chi connectivity index (χ2v) is 6.27. The Labute approximate surface area is 96.3 Å². The van der Waals surface area contributed by atoms with Crippen molar-refractivity contribution >= 4 is 10.1 Å². The number of hydrogen-bond donors (Lipinski definition) is 0. The van der Waals surface area contributed by atoms with Crippen LogP contribution < -0.4 is 0 Å². The van der Waals surface area contributed by atoms with E-state index in [1.54, 1.807) is 0 Å². The van der Waals surface area contributed by atoms with Gasteiger partial charge in [0.1, 0.15) is 0 Å². The third-order valence-corrected chi connectivity index (χ3v) is 4.86. The molecule has 3 unspecified atom stereocenters. The van der Waals surface area contributed by atoms with Gasteiger partial charge in [0.05, 0.1) is 6.10 Å². The molecule has 0 aliphatic heterocycles. The Morgan fingerprint density at radius 3 is 2.24 bits per heavy atom. The van der Waals surface area contributed by atoms with Gasteiger partial charge in [0.25, 0.3) is 0 Å². The monoisotopic (exact) mass is 276 g/mol. The van der Waals surface area contributed by atoms with Gasteiger partial charge in [-0.15, -0.1) is 0 Å². The molecule has 17 heavy (non-hydrogen) atoms. The molecule has 2 aliphatic rings. The second-order valence-electron chi connectivity index (χ2n) is 4.63. The molecule has 0 aromatic rings. The van der Waals surface area contributed by atoms with Gasteiger partial charge < -0.3 is 0 Å². The van der Waals surface area contributed by atoms with E-state index in [0.717, 1.165) is 12.8 Å². The average molecular weight is 276 g/mol. The molecule has 2 fully saturated rings. The highest BCUT2D eigenvalue weighted by Gasteiger charge is 2.57. The van der Waals surface area contributed by atoms with Crippen molar-refractivity contribution < 1.29 is 30.2 Å². The van der Waals surface area contributed by atoms with Gasteiger partial charge in [0.15, 0.2) is 0 Å². The molecule has 0 N–H and O–H groups in total. The van der Waals surface area contributed by atoms with Gasteiger partial charge in [-0.2, -0.15) is 17.2 Å². The molecular weight excluding hydrogens is 264 g/mol. The first-order valence-electron chi connectivity index (χ1n) is 5.33. The first-order valence-corrected chi connectivity index (χ1v) is 6.73. The summed E-state index contributed by atoms with van der Waals surface area (Å²) in [6.45, 7) is 0. The van der Waals surface area contributed by atoms with Crippen molar-refractivity contribution in [3.05, 3.63) is 0 Å². The van der Waals surface area contributed by atoms with Crippen molar-refractivity contribution in [3.8, 4) is 0 Å². The zero-order valence-electron chi connectivity index (χ0n) is 8.78. The largest absolute Gasteiger partial charge is 0.428 e. The van der Waals surface area contributed by atoms with Gasteiger partial charge in [-0.25, -0.2) is 8.78 Å². The summed E-state index contributed by atoms with van der Waals surface area (Å²) >= 11 is 0. The summed E-state index contributed by atoms with van der Waals surface area (Å²) < 4.78 is 75.9. The minimum Gasteiger partial charge on any atom is -0.262 e. The van der Waals surface area contributed by atoms with Crippen LogP contribution in [-0.4, -0.2) is 26.2 Å². The quantitative estimate of drug-likeness (QED) is 0.585. The molecule has 0 amide bonds. The fourth-order valence-corrected chi connectivity index (χ4v) is 3.55. The van der Waals surface area contributed by atoms with E-state index in [-0.39, 0.29) is 11.8 Å². The van der Waals surface area contributed by atoms with Gasteiger partial charge in [0, 0.05) is 0 Å². The van der Waals surface area contributed by atoms with E-state index in [0.29, 0.717) is 12.8 Å². The lowest BCUT2D eigenvalue weighted by atomic mass is 9.98. The van der Waals surface area contributed by atoms with E-state index in [1.807, 2.05) is 0 Å². The number of alkyl halides is 4. The van der Waals surface area contributed by atoms with Gasteiger partial charge >= 0.3 is 21.8 Å².